The molecule has 36 heavy (non-hydrogen) atoms. The maximum atomic E-state index is 13.1. The lowest BCUT2D eigenvalue weighted by molar-refractivity contribution is -0.126. The Morgan fingerprint density at radius 3 is 2.75 bits per heavy atom. The number of benzene rings is 2. The number of fused-ring (bicyclic) bond motifs is 1. The van der Waals surface area contributed by atoms with Crippen molar-refractivity contribution in [2.75, 3.05) is 26.3 Å². The van der Waals surface area contributed by atoms with Crippen LogP contribution in [0.2, 0.25) is 0 Å². The molecule has 5 rings (SSSR count). The van der Waals surface area contributed by atoms with E-state index in [1.54, 1.807) is 11.0 Å². The van der Waals surface area contributed by atoms with Gasteiger partial charge in [0.25, 0.3) is 5.91 Å². The molecule has 0 aromatic heterocycles. The topological polar surface area (TPSA) is 73.9 Å². The van der Waals surface area contributed by atoms with Crippen molar-refractivity contribution in [3.63, 3.8) is 0 Å². The Morgan fingerprint density at radius 1 is 1.14 bits per heavy atom. The minimum Gasteiger partial charge on any atom is -0.487 e. The van der Waals surface area contributed by atoms with Gasteiger partial charge in [-0.15, -0.1) is 0 Å². The van der Waals surface area contributed by atoms with Crippen LogP contribution in [0.4, 0.5) is 4.39 Å². The fraction of sp³-hybridized carbons (Fsp3) is 0.429. The average Bonchev–Trinajstić information content (AvgIpc) is 3.20. The lowest BCUT2D eigenvalue weighted by Gasteiger charge is -2.38. The number of rotatable bonds is 8. The predicted molar refractivity (Wildman–Crippen MR) is 135 cm³/mol. The van der Waals surface area contributed by atoms with Crippen molar-refractivity contribution in [2.45, 2.75) is 50.5 Å². The quantitative estimate of drug-likeness (QED) is 0.593. The smallest absolute Gasteiger partial charge is 0.255 e. The lowest BCUT2D eigenvalue weighted by atomic mass is 10.0. The molecule has 2 fully saturated rings. The van der Waals surface area contributed by atoms with Crippen LogP contribution in [0, 0.1) is 0 Å². The van der Waals surface area contributed by atoms with Crippen LogP contribution in [0.3, 0.4) is 0 Å². The fourth-order valence-corrected chi connectivity index (χ4v) is 5.38. The normalized spacial score (nSPS) is 24.5. The largest absolute Gasteiger partial charge is 0.487 e. The Bertz CT molecular complexity index is 1130. The van der Waals surface area contributed by atoms with Crippen LogP contribution in [0.1, 0.15) is 40.7 Å². The van der Waals surface area contributed by atoms with Gasteiger partial charge in [0.2, 0.25) is 5.91 Å². The van der Waals surface area contributed by atoms with Gasteiger partial charge in [0.15, 0.2) is 0 Å². The SMILES string of the molecule is C=C1CCC(N2Cc3cc(OC4CN(CCF)CCC4NCc4ccccc4)ccc3C2=O)C(=O)N1. The van der Waals surface area contributed by atoms with Crippen molar-refractivity contribution < 1.29 is 18.7 Å². The van der Waals surface area contributed by atoms with Crippen LogP contribution in [-0.4, -0.2) is 66.1 Å². The summed E-state index contributed by atoms with van der Waals surface area (Å²) in [6.07, 6.45) is 1.95. The third-order valence-corrected chi connectivity index (χ3v) is 7.35. The molecule has 0 bridgehead atoms. The second-order valence-corrected chi connectivity index (χ2v) is 9.81. The molecular formula is C28H33FN4O3. The van der Waals surface area contributed by atoms with Crippen LogP contribution in [0.15, 0.2) is 60.8 Å². The molecule has 3 heterocycles. The number of ether oxygens (including phenoxy) is 1. The molecule has 2 aromatic rings. The van der Waals surface area contributed by atoms with Crippen molar-refractivity contribution in [3.05, 3.63) is 77.5 Å². The second kappa shape index (κ2) is 10.8. The molecule has 0 radical (unpaired) electrons. The van der Waals surface area contributed by atoms with Gasteiger partial charge in [-0.1, -0.05) is 36.9 Å². The van der Waals surface area contributed by atoms with Gasteiger partial charge < -0.3 is 20.3 Å². The van der Waals surface area contributed by atoms with Gasteiger partial charge in [0, 0.05) is 50.0 Å². The van der Waals surface area contributed by atoms with Crippen molar-refractivity contribution in [3.8, 4) is 5.75 Å². The standard InChI is InChI=1S/C28H33FN4O3/c1-19-7-10-25(27(34)31-19)33-17-21-15-22(8-9-23(21)28(33)35)36-26-18-32(14-12-29)13-11-24(26)30-16-20-5-3-2-4-6-20/h2-6,8-9,15,24-26,30H,1,7,10-14,16-18H2,(H,31,34). The molecule has 8 heteroatoms. The zero-order valence-electron chi connectivity index (χ0n) is 20.4. The van der Waals surface area contributed by atoms with E-state index in [-0.39, 0.29) is 30.6 Å². The summed E-state index contributed by atoms with van der Waals surface area (Å²) in [6.45, 7) is 6.40. The third-order valence-electron chi connectivity index (χ3n) is 7.35. The number of carbonyl (C=O) groups is 2. The Kier molecular flexibility index (Phi) is 7.34. The Morgan fingerprint density at radius 2 is 1.97 bits per heavy atom. The summed E-state index contributed by atoms with van der Waals surface area (Å²) in [5, 5.41) is 6.40. The molecule has 2 N–H and O–H groups in total. The molecule has 7 nitrogen and oxygen atoms in total. The van der Waals surface area contributed by atoms with Crippen LogP contribution < -0.4 is 15.4 Å². The van der Waals surface area contributed by atoms with E-state index in [9.17, 15) is 14.0 Å². The zero-order valence-corrected chi connectivity index (χ0v) is 20.4. The summed E-state index contributed by atoms with van der Waals surface area (Å²) in [4.78, 5) is 29.3. The number of piperidine rings is 2. The molecule has 190 valence electrons. The second-order valence-electron chi connectivity index (χ2n) is 9.81. The van der Waals surface area contributed by atoms with Crippen molar-refractivity contribution in [1.82, 2.24) is 20.4 Å². The number of carbonyl (C=O) groups excluding carboxylic acids is 2. The molecule has 0 spiro atoms. The third kappa shape index (κ3) is 5.29. The van der Waals surface area contributed by atoms with Gasteiger partial charge in [0.05, 0.1) is 0 Å². The highest BCUT2D eigenvalue weighted by molar-refractivity contribution is 6.01. The highest BCUT2D eigenvalue weighted by Crippen LogP contribution is 2.31. The minimum absolute atomic E-state index is 0.117. The summed E-state index contributed by atoms with van der Waals surface area (Å²) in [5.74, 6) is 0.383. The van der Waals surface area contributed by atoms with Crippen LogP contribution in [-0.2, 0) is 17.9 Å². The Balaban J connectivity index is 1.28. The first kappa shape index (κ1) is 24.5. The summed E-state index contributed by atoms with van der Waals surface area (Å²) in [5.41, 5.74) is 3.37. The molecule has 2 aromatic carbocycles. The molecule has 3 aliphatic heterocycles. The summed E-state index contributed by atoms with van der Waals surface area (Å²) in [6, 6.07) is 15.4. The number of halogens is 1. The van der Waals surface area contributed by atoms with E-state index in [1.165, 1.54) is 5.56 Å². The number of nitrogens with zero attached hydrogens (tertiary/aromatic N) is 2. The highest BCUT2D eigenvalue weighted by atomic mass is 19.1. The molecule has 3 unspecified atom stereocenters. The zero-order chi connectivity index (χ0) is 25.1. The maximum absolute atomic E-state index is 13.1. The van der Waals surface area contributed by atoms with E-state index in [1.807, 2.05) is 30.3 Å². The van der Waals surface area contributed by atoms with Crippen LogP contribution in [0.25, 0.3) is 0 Å². The number of likely N-dealkylation sites (tertiary alicyclic amines) is 1. The Hall–Kier alpha value is -3.23. The van der Waals surface area contributed by atoms with Gasteiger partial charge in [0.1, 0.15) is 24.6 Å². The highest BCUT2D eigenvalue weighted by Gasteiger charge is 2.38. The first-order valence-electron chi connectivity index (χ1n) is 12.7. The summed E-state index contributed by atoms with van der Waals surface area (Å²) < 4.78 is 19.5. The number of nitrogens with one attached hydrogen (secondary N) is 2. The number of hydrogen-bond acceptors (Lipinski definition) is 5. The van der Waals surface area contributed by atoms with Gasteiger partial charge in [-0.05, 0) is 48.6 Å². The summed E-state index contributed by atoms with van der Waals surface area (Å²) in [7, 11) is 0. The molecule has 0 saturated carbocycles. The minimum atomic E-state index is -0.487. The number of allylic oxidation sites excluding steroid dienone is 1. The van der Waals surface area contributed by atoms with Gasteiger partial charge in [-0.25, -0.2) is 4.39 Å². The fourth-order valence-electron chi connectivity index (χ4n) is 5.38. The van der Waals surface area contributed by atoms with E-state index in [0.29, 0.717) is 49.5 Å². The van der Waals surface area contributed by atoms with Crippen molar-refractivity contribution in [2.24, 2.45) is 0 Å². The van der Waals surface area contributed by atoms with Crippen LogP contribution in [0.5, 0.6) is 5.75 Å². The van der Waals surface area contributed by atoms with Gasteiger partial charge >= 0.3 is 0 Å². The number of hydrogen-bond donors (Lipinski definition) is 2. The predicted octanol–water partition coefficient (Wildman–Crippen LogP) is 3.02. The first-order valence-corrected chi connectivity index (χ1v) is 12.7. The molecule has 3 atom stereocenters. The monoisotopic (exact) mass is 492 g/mol. The molecule has 2 amide bonds. The number of amides is 2. The molecular weight excluding hydrogens is 459 g/mol. The first-order chi connectivity index (χ1) is 17.5. The van der Waals surface area contributed by atoms with Gasteiger partial charge in [-0.2, -0.15) is 0 Å². The maximum Gasteiger partial charge on any atom is 0.255 e. The summed E-state index contributed by atoms with van der Waals surface area (Å²) >= 11 is 0. The van der Waals surface area contributed by atoms with Crippen LogP contribution >= 0.6 is 0 Å². The Labute approximate surface area is 211 Å². The molecule has 0 aliphatic carbocycles. The number of alkyl halides is 1. The molecule has 3 aliphatic rings. The van der Waals surface area contributed by atoms with E-state index < -0.39 is 6.04 Å². The van der Waals surface area contributed by atoms with E-state index >= 15 is 0 Å². The molecule has 2 saturated heterocycles. The van der Waals surface area contributed by atoms with E-state index in [2.05, 4.69) is 34.2 Å². The lowest BCUT2D eigenvalue weighted by Crippen LogP contribution is -2.55. The van der Waals surface area contributed by atoms with E-state index in [0.717, 1.165) is 25.1 Å². The van der Waals surface area contributed by atoms with E-state index in [4.69, 9.17) is 4.74 Å². The van der Waals surface area contributed by atoms with Crippen molar-refractivity contribution >= 4 is 11.8 Å². The van der Waals surface area contributed by atoms with Gasteiger partial charge in [-0.3, -0.25) is 14.5 Å². The average molecular weight is 493 g/mol. The van der Waals surface area contributed by atoms with Crippen molar-refractivity contribution in [1.29, 1.82) is 0 Å².